The summed E-state index contributed by atoms with van der Waals surface area (Å²) < 4.78 is 12.1. The molecule has 0 aromatic rings. The van der Waals surface area contributed by atoms with Crippen LogP contribution < -0.4 is 0 Å². The number of hydrogen-bond donors (Lipinski definition) is 2. The van der Waals surface area contributed by atoms with Crippen molar-refractivity contribution < 1.29 is 19.7 Å². The van der Waals surface area contributed by atoms with Gasteiger partial charge in [-0.25, -0.2) is 0 Å². The van der Waals surface area contributed by atoms with Crippen molar-refractivity contribution in [3.8, 4) is 0 Å². The molecule has 2 aliphatic carbocycles. The van der Waals surface area contributed by atoms with Gasteiger partial charge in [0.1, 0.15) is 12.2 Å². The van der Waals surface area contributed by atoms with Crippen LogP contribution in [-0.4, -0.2) is 40.4 Å². The standard InChI is InChI=1S/C21H38O4/c1-21(2)24-19(17(22)13-15-9-5-3-6-10-15)20(25-21)18(23)14-16-11-7-4-8-12-16/h15-20,22-23H,3-14H2,1-2H3/t17-,18-,19-,20-/m1/s1. The Morgan fingerprint density at radius 2 is 1.08 bits per heavy atom. The molecule has 4 atom stereocenters. The van der Waals surface area contributed by atoms with Gasteiger partial charge in [0.25, 0.3) is 0 Å². The average molecular weight is 355 g/mol. The van der Waals surface area contributed by atoms with Gasteiger partial charge in [-0.1, -0.05) is 64.2 Å². The summed E-state index contributed by atoms with van der Waals surface area (Å²) in [4.78, 5) is 0. The Kier molecular flexibility index (Phi) is 6.81. The van der Waals surface area contributed by atoms with Gasteiger partial charge in [-0.15, -0.1) is 0 Å². The van der Waals surface area contributed by atoms with Crippen LogP contribution in [0.25, 0.3) is 0 Å². The summed E-state index contributed by atoms with van der Waals surface area (Å²) >= 11 is 0. The molecule has 2 N–H and O–H groups in total. The minimum absolute atomic E-state index is 0.407. The van der Waals surface area contributed by atoms with Gasteiger partial charge >= 0.3 is 0 Å². The van der Waals surface area contributed by atoms with E-state index in [9.17, 15) is 10.2 Å². The highest BCUT2D eigenvalue weighted by molar-refractivity contribution is 4.92. The van der Waals surface area contributed by atoms with Crippen molar-refractivity contribution in [3.05, 3.63) is 0 Å². The van der Waals surface area contributed by atoms with Crippen molar-refractivity contribution in [2.24, 2.45) is 11.8 Å². The van der Waals surface area contributed by atoms with Crippen LogP contribution in [0.5, 0.6) is 0 Å². The van der Waals surface area contributed by atoms with Crippen molar-refractivity contribution in [2.45, 2.75) is 121 Å². The maximum atomic E-state index is 10.8. The number of hydrogen-bond acceptors (Lipinski definition) is 4. The van der Waals surface area contributed by atoms with Crippen molar-refractivity contribution in [3.63, 3.8) is 0 Å². The summed E-state index contributed by atoms with van der Waals surface area (Å²) in [5.41, 5.74) is 0. The number of ether oxygens (including phenoxy) is 2. The maximum absolute atomic E-state index is 10.8. The van der Waals surface area contributed by atoms with Gasteiger partial charge in [0, 0.05) is 0 Å². The molecule has 2 saturated carbocycles. The SMILES string of the molecule is CC1(C)O[C@H]([C@H](O)CC2CCCCC2)[C@@H]([C@H](O)CC2CCCCC2)O1. The van der Waals surface area contributed by atoms with Crippen LogP contribution in [-0.2, 0) is 9.47 Å². The molecule has 4 nitrogen and oxygen atoms in total. The summed E-state index contributed by atoms with van der Waals surface area (Å²) in [6, 6.07) is 0. The molecule has 1 saturated heterocycles. The van der Waals surface area contributed by atoms with E-state index in [4.69, 9.17) is 9.47 Å². The van der Waals surface area contributed by atoms with Crippen molar-refractivity contribution in [1.29, 1.82) is 0 Å². The Labute approximate surface area is 153 Å². The predicted molar refractivity (Wildman–Crippen MR) is 98.2 cm³/mol. The molecule has 0 spiro atoms. The minimum atomic E-state index is -0.726. The van der Waals surface area contributed by atoms with Crippen LogP contribution in [0.2, 0.25) is 0 Å². The molecule has 4 heteroatoms. The molecular weight excluding hydrogens is 316 g/mol. The van der Waals surface area contributed by atoms with E-state index in [1.165, 1.54) is 64.2 Å². The molecule has 3 aliphatic rings. The predicted octanol–water partition coefficient (Wildman–Crippen LogP) is 4.17. The van der Waals surface area contributed by atoms with Crippen LogP contribution >= 0.6 is 0 Å². The van der Waals surface area contributed by atoms with Gasteiger partial charge in [0.15, 0.2) is 5.79 Å². The third kappa shape index (κ3) is 5.41. The second-order valence-corrected chi connectivity index (χ2v) is 9.18. The van der Waals surface area contributed by atoms with E-state index in [0.717, 1.165) is 12.8 Å². The molecule has 3 fully saturated rings. The van der Waals surface area contributed by atoms with Gasteiger partial charge in [0.05, 0.1) is 12.2 Å². The van der Waals surface area contributed by atoms with E-state index >= 15 is 0 Å². The van der Waals surface area contributed by atoms with E-state index in [1.54, 1.807) is 0 Å². The summed E-state index contributed by atoms with van der Waals surface area (Å²) in [5, 5.41) is 21.7. The lowest BCUT2D eigenvalue weighted by Gasteiger charge is -2.31. The molecule has 1 heterocycles. The first kappa shape index (κ1) is 19.6. The van der Waals surface area contributed by atoms with Crippen LogP contribution in [0.4, 0.5) is 0 Å². The van der Waals surface area contributed by atoms with E-state index < -0.39 is 30.2 Å². The summed E-state index contributed by atoms with van der Waals surface area (Å²) in [5.74, 6) is 0.454. The zero-order valence-electron chi connectivity index (χ0n) is 16.2. The maximum Gasteiger partial charge on any atom is 0.164 e. The van der Waals surface area contributed by atoms with E-state index in [1.807, 2.05) is 13.8 Å². The molecule has 146 valence electrons. The molecule has 0 unspecified atom stereocenters. The van der Waals surface area contributed by atoms with Crippen LogP contribution in [0, 0.1) is 11.8 Å². The molecule has 0 aromatic heterocycles. The first-order chi connectivity index (χ1) is 11.9. The Hall–Kier alpha value is -0.160. The summed E-state index contributed by atoms with van der Waals surface area (Å²) in [6.07, 6.45) is 12.2. The lowest BCUT2D eigenvalue weighted by atomic mass is 9.81. The van der Waals surface area contributed by atoms with Gasteiger partial charge in [0.2, 0.25) is 0 Å². The third-order valence-electron chi connectivity index (χ3n) is 6.52. The Morgan fingerprint density at radius 1 is 0.720 bits per heavy atom. The lowest BCUT2D eigenvalue weighted by molar-refractivity contribution is -0.162. The molecule has 0 amide bonds. The van der Waals surface area contributed by atoms with Crippen molar-refractivity contribution >= 4 is 0 Å². The molecule has 3 rings (SSSR count). The Morgan fingerprint density at radius 3 is 1.44 bits per heavy atom. The molecule has 1 aliphatic heterocycles. The number of aliphatic hydroxyl groups excluding tert-OH is 2. The zero-order chi connectivity index (χ0) is 17.9. The molecule has 0 bridgehead atoms. The van der Waals surface area contributed by atoms with Crippen molar-refractivity contribution in [1.82, 2.24) is 0 Å². The molecule has 25 heavy (non-hydrogen) atoms. The monoisotopic (exact) mass is 354 g/mol. The minimum Gasteiger partial charge on any atom is -0.390 e. The van der Waals surface area contributed by atoms with Crippen molar-refractivity contribution in [2.75, 3.05) is 0 Å². The first-order valence-corrected chi connectivity index (χ1v) is 10.7. The second-order valence-electron chi connectivity index (χ2n) is 9.18. The number of aliphatic hydroxyl groups is 2. The van der Waals surface area contributed by atoms with Gasteiger partial charge in [-0.3, -0.25) is 0 Å². The summed E-state index contributed by atoms with van der Waals surface area (Å²) in [7, 11) is 0. The Balaban J connectivity index is 1.58. The van der Waals surface area contributed by atoms with Gasteiger partial charge < -0.3 is 19.7 Å². The largest absolute Gasteiger partial charge is 0.390 e. The molecular formula is C21H38O4. The van der Waals surface area contributed by atoms with Gasteiger partial charge in [-0.2, -0.15) is 0 Å². The fourth-order valence-corrected chi connectivity index (χ4v) is 5.21. The summed E-state index contributed by atoms with van der Waals surface area (Å²) in [6.45, 7) is 3.78. The normalized spacial score (nSPS) is 34.1. The highest BCUT2D eigenvalue weighted by atomic mass is 16.8. The van der Waals surface area contributed by atoms with Gasteiger partial charge in [-0.05, 0) is 38.5 Å². The third-order valence-corrected chi connectivity index (χ3v) is 6.52. The van der Waals surface area contributed by atoms with Crippen LogP contribution in [0.3, 0.4) is 0 Å². The molecule has 0 aromatic carbocycles. The zero-order valence-corrected chi connectivity index (χ0v) is 16.2. The first-order valence-electron chi connectivity index (χ1n) is 10.7. The fraction of sp³-hybridized carbons (Fsp3) is 1.00. The Bertz CT molecular complexity index is 363. The fourth-order valence-electron chi connectivity index (χ4n) is 5.21. The van der Waals surface area contributed by atoms with E-state index in [2.05, 4.69) is 0 Å². The second kappa shape index (κ2) is 8.69. The topological polar surface area (TPSA) is 58.9 Å². The molecule has 0 radical (unpaired) electrons. The smallest absolute Gasteiger partial charge is 0.164 e. The number of rotatable bonds is 6. The average Bonchev–Trinajstić information content (AvgIpc) is 2.93. The lowest BCUT2D eigenvalue weighted by Crippen LogP contribution is -2.43. The quantitative estimate of drug-likeness (QED) is 0.751. The van der Waals surface area contributed by atoms with Crippen LogP contribution in [0.15, 0.2) is 0 Å². The highest BCUT2D eigenvalue weighted by Gasteiger charge is 2.48. The van der Waals surface area contributed by atoms with Crippen LogP contribution in [0.1, 0.15) is 90.9 Å². The van der Waals surface area contributed by atoms with E-state index in [-0.39, 0.29) is 0 Å². The van der Waals surface area contributed by atoms with E-state index in [0.29, 0.717) is 11.8 Å². The highest BCUT2D eigenvalue weighted by Crippen LogP contribution is 2.38.